The third-order valence-electron chi connectivity index (χ3n) is 3.75. The SMILES string of the molecule is CCNC(=O)CNC(=NC)N1CCN(S(=O)(=O)Cc2ccon2)CC1.I. The van der Waals surface area contributed by atoms with Gasteiger partial charge in [0.25, 0.3) is 0 Å². The first-order chi connectivity index (χ1) is 12.0. The van der Waals surface area contributed by atoms with Crippen LogP contribution in [0.1, 0.15) is 12.6 Å². The lowest BCUT2D eigenvalue weighted by Gasteiger charge is -2.35. The van der Waals surface area contributed by atoms with Gasteiger partial charge < -0.3 is 20.1 Å². The van der Waals surface area contributed by atoms with Crippen molar-refractivity contribution in [3.8, 4) is 0 Å². The van der Waals surface area contributed by atoms with Gasteiger partial charge in [-0.3, -0.25) is 9.79 Å². The van der Waals surface area contributed by atoms with E-state index in [9.17, 15) is 13.2 Å². The van der Waals surface area contributed by atoms with Crippen molar-refractivity contribution in [2.45, 2.75) is 12.7 Å². The number of amides is 1. The van der Waals surface area contributed by atoms with Gasteiger partial charge in [-0.1, -0.05) is 5.16 Å². The Bertz CT molecular complexity index is 686. The quantitative estimate of drug-likeness (QED) is 0.306. The average molecular weight is 500 g/mol. The van der Waals surface area contributed by atoms with Crippen LogP contribution in [0.3, 0.4) is 0 Å². The number of likely N-dealkylation sites (N-methyl/N-ethyl adjacent to an activating group) is 1. The number of aromatic nitrogens is 1. The van der Waals surface area contributed by atoms with Crippen LogP contribution in [0, 0.1) is 0 Å². The number of sulfonamides is 1. The molecule has 1 aromatic rings. The van der Waals surface area contributed by atoms with Crippen molar-refractivity contribution in [3.63, 3.8) is 0 Å². The number of piperazine rings is 1. The van der Waals surface area contributed by atoms with Crippen molar-refractivity contribution in [3.05, 3.63) is 18.0 Å². The molecule has 0 aromatic carbocycles. The molecule has 1 saturated heterocycles. The Labute approximate surface area is 170 Å². The van der Waals surface area contributed by atoms with E-state index in [0.717, 1.165) is 0 Å². The first kappa shape index (κ1) is 22.6. The highest BCUT2D eigenvalue weighted by Gasteiger charge is 2.29. The van der Waals surface area contributed by atoms with E-state index in [1.165, 1.54) is 10.6 Å². The molecule has 0 bridgehead atoms. The number of carbonyl (C=O) groups is 1. The second-order valence-corrected chi connectivity index (χ2v) is 7.46. The maximum absolute atomic E-state index is 12.4. The summed E-state index contributed by atoms with van der Waals surface area (Å²) >= 11 is 0. The van der Waals surface area contributed by atoms with Crippen molar-refractivity contribution in [1.82, 2.24) is 25.0 Å². The average Bonchev–Trinajstić information content (AvgIpc) is 3.08. The van der Waals surface area contributed by atoms with Crippen molar-refractivity contribution in [2.75, 3.05) is 46.3 Å². The molecule has 2 heterocycles. The summed E-state index contributed by atoms with van der Waals surface area (Å²) in [6.45, 7) is 4.24. The Morgan fingerprint density at radius 2 is 2.00 bits per heavy atom. The van der Waals surface area contributed by atoms with Crippen LogP contribution in [-0.4, -0.2) is 81.0 Å². The Morgan fingerprint density at radius 1 is 1.31 bits per heavy atom. The number of guanidine groups is 1. The normalized spacial score (nSPS) is 16.1. The minimum absolute atomic E-state index is 0. The Hall–Kier alpha value is -1.41. The summed E-state index contributed by atoms with van der Waals surface area (Å²) in [6, 6.07) is 1.54. The van der Waals surface area contributed by atoms with E-state index in [4.69, 9.17) is 0 Å². The molecule has 1 fully saturated rings. The summed E-state index contributed by atoms with van der Waals surface area (Å²) in [5.41, 5.74) is 0.391. The fraction of sp³-hybridized carbons (Fsp3) is 0.643. The molecule has 148 valence electrons. The maximum Gasteiger partial charge on any atom is 0.239 e. The highest BCUT2D eigenvalue weighted by atomic mass is 127. The van der Waals surface area contributed by atoms with Gasteiger partial charge in [-0.25, -0.2) is 8.42 Å². The molecule has 1 aromatic heterocycles. The smallest absolute Gasteiger partial charge is 0.239 e. The highest BCUT2D eigenvalue weighted by molar-refractivity contribution is 14.0. The van der Waals surface area contributed by atoms with Gasteiger partial charge >= 0.3 is 0 Å². The van der Waals surface area contributed by atoms with Crippen molar-refractivity contribution < 1.29 is 17.7 Å². The maximum atomic E-state index is 12.4. The zero-order valence-corrected chi connectivity index (χ0v) is 18.0. The molecule has 0 radical (unpaired) electrons. The molecule has 0 aliphatic carbocycles. The van der Waals surface area contributed by atoms with Crippen molar-refractivity contribution >= 4 is 45.9 Å². The third kappa shape index (κ3) is 6.39. The lowest BCUT2D eigenvalue weighted by Crippen LogP contribution is -2.54. The van der Waals surface area contributed by atoms with E-state index in [2.05, 4.69) is 25.3 Å². The molecule has 1 aliphatic rings. The second-order valence-electron chi connectivity index (χ2n) is 5.49. The Morgan fingerprint density at radius 3 is 2.54 bits per heavy atom. The van der Waals surface area contributed by atoms with Crippen LogP contribution in [-0.2, 0) is 20.6 Å². The largest absolute Gasteiger partial charge is 0.364 e. The molecule has 0 spiro atoms. The Balaban J connectivity index is 0.00000338. The van der Waals surface area contributed by atoms with E-state index in [1.54, 1.807) is 13.1 Å². The van der Waals surface area contributed by atoms with Crippen LogP contribution in [0.25, 0.3) is 0 Å². The number of hydrogen-bond acceptors (Lipinski definition) is 6. The summed E-state index contributed by atoms with van der Waals surface area (Å²) in [5, 5.41) is 9.34. The van der Waals surface area contributed by atoms with Crippen molar-refractivity contribution in [2.24, 2.45) is 4.99 Å². The Kier molecular flexibility index (Phi) is 9.29. The number of hydrogen-bond donors (Lipinski definition) is 2. The fourth-order valence-electron chi connectivity index (χ4n) is 2.52. The molecule has 12 heteroatoms. The van der Waals surface area contributed by atoms with Crippen LogP contribution in [0.2, 0.25) is 0 Å². The first-order valence-corrected chi connectivity index (χ1v) is 9.66. The third-order valence-corrected chi connectivity index (χ3v) is 5.56. The fourth-order valence-corrected chi connectivity index (χ4v) is 3.94. The summed E-state index contributed by atoms with van der Waals surface area (Å²) in [6.07, 6.45) is 1.35. The zero-order chi connectivity index (χ0) is 18.3. The van der Waals surface area contributed by atoms with Gasteiger partial charge in [0, 0.05) is 45.8 Å². The number of rotatable bonds is 6. The highest BCUT2D eigenvalue weighted by Crippen LogP contribution is 2.12. The topological polar surface area (TPSA) is 120 Å². The summed E-state index contributed by atoms with van der Waals surface area (Å²) in [5.74, 6) is 0.297. The number of nitrogens with one attached hydrogen (secondary N) is 2. The summed E-state index contributed by atoms with van der Waals surface area (Å²) in [4.78, 5) is 17.6. The van der Waals surface area contributed by atoms with Crippen LogP contribution >= 0.6 is 24.0 Å². The number of halogens is 1. The number of aliphatic imine (C=N–C) groups is 1. The van der Waals surface area contributed by atoms with Crippen LogP contribution in [0.4, 0.5) is 0 Å². The lowest BCUT2D eigenvalue weighted by atomic mass is 10.4. The molecule has 26 heavy (non-hydrogen) atoms. The molecule has 1 aliphatic heterocycles. The minimum Gasteiger partial charge on any atom is -0.364 e. The van der Waals surface area contributed by atoms with Gasteiger partial charge in [0.05, 0.1) is 12.2 Å². The van der Waals surface area contributed by atoms with Crippen LogP contribution in [0.15, 0.2) is 21.8 Å². The molecule has 1 amide bonds. The van der Waals surface area contributed by atoms with Crippen molar-refractivity contribution in [1.29, 1.82) is 0 Å². The van der Waals surface area contributed by atoms with Gasteiger partial charge in [-0.15, -0.1) is 24.0 Å². The standard InChI is InChI=1S/C14H24N6O4S.HI/c1-3-16-13(21)10-17-14(15-2)19-5-7-20(8-6-19)25(22,23)11-12-4-9-24-18-12;/h4,9H,3,5-8,10-11H2,1-2H3,(H,15,17)(H,16,21);1H. The summed E-state index contributed by atoms with van der Waals surface area (Å²) in [7, 11) is -1.80. The lowest BCUT2D eigenvalue weighted by molar-refractivity contribution is -0.119. The van der Waals surface area contributed by atoms with Gasteiger partial charge in [0.15, 0.2) is 5.96 Å². The molecule has 0 saturated carbocycles. The van der Waals surface area contributed by atoms with Crippen LogP contribution in [0.5, 0.6) is 0 Å². The van der Waals surface area contributed by atoms with E-state index in [0.29, 0.717) is 44.4 Å². The zero-order valence-electron chi connectivity index (χ0n) is 14.8. The first-order valence-electron chi connectivity index (χ1n) is 8.05. The van der Waals surface area contributed by atoms with Gasteiger partial charge in [0.1, 0.15) is 12.0 Å². The molecular formula is C14H25IN6O4S. The number of nitrogens with zero attached hydrogens (tertiary/aromatic N) is 4. The van der Waals surface area contributed by atoms with Crippen LogP contribution < -0.4 is 10.6 Å². The van der Waals surface area contributed by atoms with E-state index in [-0.39, 0.29) is 42.2 Å². The summed E-state index contributed by atoms with van der Waals surface area (Å²) < 4.78 is 30.9. The molecule has 0 unspecified atom stereocenters. The molecule has 0 atom stereocenters. The minimum atomic E-state index is -3.44. The predicted octanol–water partition coefficient (Wildman–Crippen LogP) is -0.548. The van der Waals surface area contributed by atoms with Gasteiger partial charge in [-0.2, -0.15) is 4.31 Å². The molecule has 2 N–H and O–H groups in total. The van der Waals surface area contributed by atoms with E-state index >= 15 is 0 Å². The van der Waals surface area contributed by atoms with E-state index in [1.807, 2.05) is 11.8 Å². The van der Waals surface area contributed by atoms with Gasteiger partial charge in [-0.05, 0) is 6.92 Å². The predicted molar refractivity (Wildman–Crippen MR) is 108 cm³/mol. The molecule has 2 rings (SSSR count). The number of carbonyl (C=O) groups excluding carboxylic acids is 1. The van der Waals surface area contributed by atoms with Gasteiger partial charge in [0.2, 0.25) is 15.9 Å². The molecule has 10 nitrogen and oxygen atoms in total. The molecular weight excluding hydrogens is 475 g/mol. The second kappa shape index (κ2) is 10.7. The van der Waals surface area contributed by atoms with E-state index < -0.39 is 10.0 Å². The monoisotopic (exact) mass is 500 g/mol.